The number of rotatable bonds is 3. The van der Waals surface area contributed by atoms with Crippen molar-refractivity contribution in [1.29, 1.82) is 0 Å². The maximum Gasteiger partial charge on any atom is 0.412 e. The molecule has 0 aromatic heterocycles. The standard InChI is InChI=1S/C17H18N2O5/c1-17(2,3)24-16(21)18-13-7-4-11(5-8-13)12-6-9-15(20)14(10-12)19(22)23/h4-10,20H,1-3H3,(H,18,21). The minimum atomic E-state index is -0.642. The third-order valence-corrected chi connectivity index (χ3v) is 3.04. The average Bonchev–Trinajstić information content (AvgIpc) is 2.46. The zero-order valence-electron chi connectivity index (χ0n) is 13.6. The van der Waals surface area contributed by atoms with E-state index in [1.807, 2.05) is 0 Å². The highest BCUT2D eigenvalue weighted by Crippen LogP contribution is 2.31. The zero-order chi connectivity index (χ0) is 17.9. The molecular weight excluding hydrogens is 312 g/mol. The highest BCUT2D eigenvalue weighted by molar-refractivity contribution is 5.85. The number of benzene rings is 2. The Morgan fingerprint density at radius 2 is 1.71 bits per heavy atom. The summed E-state index contributed by atoms with van der Waals surface area (Å²) in [6, 6.07) is 10.9. The molecular formula is C17H18N2O5. The van der Waals surface area contributed by atoms with Gasteiger partial charge in [0.15, 0.2) is 5.75 Å². The Bertz CT molecular complexity index is 764. The normalized spacial score (nSPS) is 11.0. The molecule has 1 amide bonds. The van der Waals surface area contributed by atoms with E-state index in [0.717, 1.165) is 0 Å². The van der Waals surface area contributed by atoms with E-state index in [9.17, 15) is 20.0 Å². The van der Waals surface area contributed by atoms with Gasteiger partial charge in [0.2, 0.25) is 0 Å². The van der Waals surface area contributed by atoms with Crippen LogP contribution in [0.3, 0.4) is 0 Å². The summed E-state index contributed by atoms with van der Waals surface area (Å²) in [6.45, 7) is 5.31. The van der Waals surface area contributed by atoms with Gasteiger partial charge in [-0.05, 0) is 50.1 Å². The van der Waals surface area contributed by atoms with E-state index < -0.39 is 16.6 Å². The van der Waals surface area contributed by atoms with Crippen LogP contribution in [0.4, 0.5) is 16.2 Å². The predicted molar refractivity (Wildman–Crippen MR) is 90.1 cm³/mol. The zero-order valence-corrected chi connectivity index (χ0v) is 13.6. The molecule has 7 nitrogen and oxygen atoms in total. The number of hydrogen-bond acceptors (Lipinski definition) is 5. The number of nitrogens with one attached hydrogen (secondary N) is 1. The molecule has 0 heterocycles. The fraction of sp³-hybridized carbons (Fsp3) is 0.235. The number of phenols is 1. The summed E-state index contributed by atoms with van der Waals surface area (Å²) in [4.78, 5) is 21.9. The summed E-state index contributed by atoms with van der Waals surface area (Å²) in [5, 5.41) is 23.0. The Balaban J connectivity index is 2.16. The first kappa shape index (κ1) is 17.3. The first-order valence-corrected chi connectivity index (χ1v) is 7.23. The van der Waals surface area contributed by atoms with Gasteiger partial charge in [-0.2, -0.15) is 0 Å². The van der Waals surface area contributed by atoms with Crippen LogP contribution in [0.1, 0.15) is 20.8 Å². The molecule has 0 aliphatic carbocycles. The van der Waals surface area contributed by atoms with Crippen molar-refractivity contribution in [3.63, 3.8) is 0 Å². The van der Waals surface area contributed by atoms with Crippen LogP contribution in [0.15, 0.2) is 42.5 Å². The van der Waals surface area contributed by atoms with E-state index in [0.29, 0.717) is 16.8 Å². The lowest BCUT2D eigenvalue weighted by atomic mass is 10.0. The SMILES string of the molecule is CC(C)(C)OC(=O)Nc1ccc(-c2ccc(O)c([N+](=O)[O-])c2)cc1. The number of nitrogens with zero attached hydrogens (tertiary/aromatic N) is 1. The van der Waals surface area contributed by atoms with Gasteiger partial charge in [-0.1, -0.05) is 18.2 Å². The van der Waals surface area contributed by atoms with Gasteiger partial charge in [0.1, 0.15) is 5.60 Å². The fourth-order valence-corrected chi connectivity index (χ4v) is 2.02. The molecule has 0 radical (unpaired) electrons. The first-order chi connectivity index (χ1) is 11.2. The number of nitro benzene ring substituents is 1. The van der Waals surface area contributed by atoms with Gasteiger partial charge in [-0.15, -0.1) is 0 Å². The van der Waals surface area contributed by atoms with Crippen molar-refractivity contribution in [1.82, 2.24) is 0 Å². The summed E-state index contributed by atoms with van der Waals surface area (Å²) in [5.74, 6) is -0.382. The van der Waals surface area contributed by atoms with Gasteiger partial charge in [-0.25, -0.2) is 4.79 Å². The van der Waals surface area contributed by atoms with Gasteiger partial charge in [0.05, 0.1) is 4.92 Å². The number of nitro groups is 1. The molecule has 0 unspecified atom stereocenters. The Morgan fingerprint density at radius 1 is 1.12 bits per heavy atom. The predicted octanol–water partition coefficient (Wildman–Crippen LogP) is 4.31. The van der Waals surface area contributed by atoms with Crippen LogP contribution in [-0.2, 0) is 4.74 Å². The van der Waals surface area contributed by atoms with Crippen LogP contribution < -0.4 is 5.32 Å². The number of anilines is 1. The molecule has 2 N–H and O–H groups in total. The number of ether oxygens (including phenoxy) is 1. The van der Waals surface area contributed by atoms with Crippen LogP contribution in [0.5, 0.6) is 5.75 Å². The lowest BCUT2D eigenvalue weighted by molar-refractivity contribution is -0.385. The van der Waals surface area contributed by atoms with Crippen LogP contribution in [0.25, 0.3) is 11.1 Å². The Kier molecular flexibility index (Phi) is 4.73. The maximum absolute atomic E-state index is 11.7. The van der Waals surface area contributed by atoms with E-state index in [1.165, 1.54) is 12.1 Å². The summed E-state index contributed by atoms with van der Waals surface area (Å²) in [5.41, 5.74) is 0.899. The Hall–Kier alpha value is -3.09. The van der Waals surface area contributed by atoms with E-state index in [2.05, 4.69) is 5.32 Å². The topological polar surface area (TPSA) is 102 Å². The average molecular weight is 330 g/mol. The van der Waals surface area contributed by atoms with Crippen molar-refractivity contribution in [2.24, 2.45) is 0 Å². The smallest absolute Gasteiger partial charge is 0.412 e. The van der Waals surface area contributed by atoms with Crippen molar-refractivity contribution in [3.8, 4) is 16.9 Å². The quantitative estimate of drug-likeness (QED) is 0.645. The number of aromatic hydroxyl groups is 1. The molecule has 0 saturated heterocycles. The van der Waals surface area contributed by atoms with Crippen LogP contribution in [0, 0.1) is 10.1 Å². The second-order valence-electron chi connectivity index (χ2n) is 6.16. The van der Waals surface area contributed by atoms with Crippen molar-refractivity contribution in [3.05, 3.63) is 52.6 Å². The molecule has 0 saturated carbocycles. The van der Waals surface area contributed by atoms with Gasteiger partial charge in [0, 0.05) is 11.8 Å². The van der Waals surface area contributed by atoms with Crippen molar-refractivity contribution in [2.75, 3.05) is 5.32 Å². The van der Waals surface area contributed by atoms with Gasteiger partial charge in [-0.3, -0.25) is 15.4 Å². The van der Waals surface area contributed by atoms with E-state index in [4.69, 9.17) is 4.74 Å². The molecule has 0 fully saturated rings. The van der Waals surface area contributed by atoms with E-state index >= 15 is 0 Å². The third kappa shape index (κ3) is 4.45. The highest BCUT2D eigenvalue weighted by atomic mass is 16.6. The van der Waals surface area contributed by atoms with E-state index in [1.54, 1.807) is 51.1 Å². The monoisotopic (exact) mass is 330 g/mol. The second-order valence-corrected chi connectivity index (χ2v) is 6.16. The second kappa shape index (κ2) is 6.57. The number of amides is 1. The summed E-state index contributed by atoms with van der Waals surface area (Å²) >= 11 is 0. The molecule has 0 spiro atoms. The molecule has 7 heteroatoms. The Morgan fingerprint density at radius 3 is 2.25 bits per heavy atom. The number of phenolic OH excluding ortho intramolecular Hbond substituents is 1. The lowest BCUT2D eigenvalue weighted by Crippen LogP contribution is -2.27. The molecule has 2 aromatic carbocycles. The molecule has 0 aliphatic rings. The first-order valence-electron chi connectivity index (χ1n) is 7.23. The van der Waals surface area contributed by atoms with Crippen LogP contribution >= 0.6 is 0 Å². The number of hydrogen-bond donors (Lipinski definition) is 2. The minimum Gasteiger partial charge on any atom is -0.502 e. The fourth-order valence-electron chi connectivity index (χ4n) is 2.02. The van der Waals surface area contributed by atoms with Crippen molar-refractivity contribution < 1.29 is 19.6 Å². The molecule has 0 atom stereocenters. The number of carbonyl (C=O) groups excluding carboxylic acids is 1. The molecule has 0 aliphatic heterocycles. The van der Waals surface area contributed by atoms with Gasteiger partial charge >= 0.3 is 11.8 Å². The third-order valence-electron chi connectivity index (χ3n) is 3.04. The molecule has 126 valence electrons. The summed E-state index contributed by atoms with van der Waals surface area (Å²) in [6.07, 6.45) is -0.560. The van der Waals surface area contributed by atoms with E-state index in [-0.39, 0.29) is 11.4 Å². The lowest BCUT2D eigenvalue weighted by Gasteiger charge is -2.19. The maximum atomic E-state index is 11.7. The molecule has 2 aromatic rings. The van der Waals surface area contributed by atoms with Crippen molar-refractivity contribution >= 4 is 17.5 Å². The van der Waals surface area contributed by atoms with Crippen LogP contribution in [-0.4, -0.2) is 21.7 Å². The van der Waals surface area contributed by atoms with Gasteiger partial charge < -0.3 is 9.84 Å². The van der Waals surface area contributed by atoms with Crippen LogP contribution in [0.2, 0.25) is 0 Å². The largest absolute Gasteiger partial charge is 0.502 e. The summed E-state index contributed by atoms with van der Waals surface area (Å²) in [7, 11) is 0. The molecule has 0 bridgehead atoms. The number of carbonyl (C=O) groups is 1. The molecule has 24 heavy (non-hydrogen) atoms. The highest BCUT2D eigenvalue weighted by Gasteiger charge is 2.17. The minimum absolute atomic E-state index is 0.358. The van der Waals surface area contributed by atoms with Gasteiger partial charge in [0.25, 0.3) is 0 Å². The molecule has 2 rings (SSSR count). The summed E-state index contributed by atoms with van der Waals surface area (Å²) < 4.78 is 5.16. The van der Waals surface area contributed by atoms with Crippen molar-refractivity contribution in [2.45, 2.75) is 26.4 Å². The Labute approximate surface area is 139 Å².